The van der Waals surface area contributed by atoms with E-state index >= 15 is 0 Å². The third kappa shape index (κ3) is 36.3. The Morgan fingerprint density at radius 2 is 0.626 bits per heavy atom. The highest BCUT2D eigenvalue weighted by Gasteiger charge is 2.21. The van der Waals surface area contributed by atoms with E-state index in [2.05, 4.69) is 127 Å². The summed E-state index contributed by atoms with van der Waals surface area (Å²) in [6, 6.07) is 61.5. The second kappa shape index (κ2) is 49.4. The van der Waals surface area contributed by atoms with Crippen LogP contribution in [0.1, 0.15) is 155 Å². The van der Waals surface area contributed by atoms with Crippen molar-refractivity contribution in [1.29, 1.82) is 5.26 Å². The molecule has 0 unspecified atom stereocenters. The number of ether oxygens (including phenoxy) is 9. The summed E-state index contributed by atoms with van der Waals surface area (Å²) in [5, 5.41) is 10.2. The highest BCUT2D eigenvalue weighted by Crippen LogP contribution is 2.29. The maximum Gasteiger partial charge on any atom is 0.343 e. The first kappa shape index (κ1) is 93.5. The summed E-state index contributed by atoms with van der Waals surface area (Å²) in [5.74, 6) is 2.43. The number of hydrogen-bond acceptors (Lipinski definition) is 15. The lowest BCUT2D eigenvalue weighted by Gasteiger charge is -2.16. The maximum atomic E-state index is 12.8. The molecule has 8 rings (SSSR count). The van der Waals surface area contributed by atoms with Crippen molar-refractivity contribution in [3.8, 4) is 63.2 Å². The first-order valence-corrected chi connectivity index (χ1v) is 53.8. The van der Waals surface area contributed by atoms with Crippen LogP contribution in [0.15, 0.2) is 238 Å². The van der Waals surface area contributed by atoms with Gasteiger partial charge in [-0.15, -0.1) is 36.8 Å². The smallest absolute Gasteiger partial charge is 0.343 e. The molecule has 0 aromatic heterocycles. The largest absolute Gasteiger partial charge is 0.494 e. The van der Waals surface area contributed by atoms with Crippen molar-refractivity contribution in [3.05, 3.63) is 271 Å². The first-order valence-electron chi connectivity index (χ1n) is 40.4. The molecule has 115 heavy (non-hydrogen) atoms. The van der Waals surface area contributed by atoms with Crippen LogP contribution in [0.4, 0.5) is 0 Å². The van der Waals surface area contributed by atoms with Gasteiger partial charge in [-0.2, -0.15) is 5.26 Å². The fourth-order valence-electron chi connectivity index (χ4n) is 11.6. The van der Waals surface area contributed by atoms with E-state index < -0.39 is 56.2 Å². The molecule has 15 nitrogen and oxygen atoms in total. The van der Waals surface area contributed by atoms with Gasteiger partial charge >= 0.3 is 29.8 Å². The molecule has 0 atom stereocenters. The number of rotatable bonds is 46. The zero-order chi connectivity index (χ0) is 83.5. The lowest BCUT2D eigenvalue weighted by molar-refractivity contribution is -0.137. The molecule has 0 radical (unpaired) electrons. The summed E-state index contributed by atoms with van der Waals surface area (Å²) < 4.78 is 50.3. The molecule has 0 saturated carbocycles. The summed E-state index contributed by atoms with van der Waals surface area (Å²) in [6.45, 7) is 41.2. The predicted molar refractivity (Wildman–Crippen MR) is 477 cm³/mol. The van der Waals surface area contributed by atoms with Crippen LogP contribution >= 0.6 is 0 Å². The van der Waals surface area contributed by atoms with Gasteiger partial charge in [0.25, 0.3) is 0 Å². The second-order valence-corrected chi connectivity index (χ2v) is 51.6. The first-order chi connectivity index (χ1) is 55.1. The maximum absolute atomic E-state index is 12.8. The molecular formula is C96H121NO14Si4. The summed E-state index contributed by atoms with van der Waals surface area (Å²) in [7, 11) is -4.88. The monoisotopic (exact) mass is 1620 g/mol. The summed E-state index contributed by atoms with van der Waals surface area (Å²) >= 11 is 0. The molecule has 0 aliphatic heterocycles. The number of hydrogen-bond donors (Lipinski definition) is 0. The minimum absolute atomic E-state index is 0.366. The van der Waals surface area contributed by atoms with Crippen LogP contribution in [0.3, 0.4) is 0 Å². The van der Waals surface area contributed by atoms with Gasteiger partial charge in [-0.3, -0.25) is 0 Å². The standard InChI is InChI=1S/C41H56O6Si2.C31H36O5Si.C24H29NO3Si/c1-8-48(4,5)30-16-12-10-14-28-44-36-22-18-34(19-23-36)40(42)46-38-26-27-39(33(3)32-38)47-41(43)35-20-24-37(25-21-35)45-29-15-11-13-17-31-49(6,7)9-2;1-5-30(32)35-23-9-7-6-8-22-34-27-16-12-26(13-17-27)31(33)36-28-18-10-24(11-19-28)25-14-20-29(21-15-25)37(2,3)4;1-4-29(2,3)18-8-6-5-7-17-27-22-15-11-21(12-16-22)24(26)28-23-13-9-20(19-25)10-14-23/h8-9,18-27,32H,1-2,10-17,28-31H2,3-7H3;5,10-21H,1,6-9,22-23H2,2-4H3;4,9-16H,1,5-8,17-18H2,2-3H3. The molecular weight excluding hydrogens is 1500 g/mol. The van der Waals surface area contributed by atoms with Gasteiger partial charge in [-0.25, -0.2) is 24.0 Å². The van der Waals surface area contributed by atoms with Crippen LogP contribution in [0, 0.1) is 18.3 Å². The molecule has 19 heteroatoms. The Morgan fingerprint density at radius 1 is 0.339 bits per heavy atom. The van der Waals surface area contributed by atoms with Gasteiger partial charge in [-0.05, 0) is 220 Å². The van der Waals surface area contributed by atoms with Crippen molar-refractivity contribution in [2.24, 2.45) is 0 Å². The molecule has 0 fully saturated rings. The Kier molecular flexibility index (Phi) is 40.2. The molecule has 610 valence electrons. The van der Waals surface area contributed by atoms with E-state index in [0.29, 0.717) is 95.2 Å². The molecule has 0 aliphatic rings. The molecule has 0 spiro atoms. The zero-order valence-electron chi connectivity index (χ0n) is 69.7. The fraction of sp³-hybridized carbons (Fsp3) is 0.354. The van der Waals surface area contributed by atoms with E-state index in [1.165, 1.54) is 67.9 Å². The number of esters is 5. The Labute approximate surface area is 688 Å². The number of nitriles is 1. The minimum atomic E-state index is -1.32. The van der Waals surface area contributed by atoms with E-state index in [4.69, 9.17) is 47.9 Å². The highest BCUT2D eigenvalue weighted by atomic mass is 28.3. The average molecular weight is 1630 g/mol. The normalized spacial score (nSPS) is 11.1. The van der Waals surface area contributed by atoms with E-state index in [1.54, 1.807) is 146 Å². The number of unbranched alkanes of at least 4 members (excludes halogenated alkanes) is 12. The van der Waals surface area contributed by atoms with Crippen LogP contribution < -0.4 is 43.1 Å². The zero-order valence-corrected chi connectivity index (χ0v) is 73.7. The number of benzene rings is 8. The van der Waals surface area contributed by atoms with E-state index in [9.17, 15) is 24.0 Å². The number of nitrogens with zero attached hydrogens (tertiary/aromatic N) is 1. The van der Waals surface area contributed by atoms with Gasteiger partial charge in [-0.1, -0.05) is 183 Å². The molecule has 0 amide bonds. The number of aryl methyl sites for hydroxylation is 1. The van der Waals surface area contributed by atoms with E-state index in [-0.39, 0.29) is 5.97 Å². The quantitative estimate of drug-likeness (QED) is 0.0115. The van der Waals surface area contributed by atoms with Crippen LogP contribution in [-0.2, 0) is 9.53 Å². The average Bonchev–Trinajstić information content (AvgIpc) is 0.830. The highest BCUT2D eigenvalue weighted by molar-refractivity contribution is 6.88. The van der Waals surface area contributed by atoms with Crippen LogP contribution in [-0.4, -0.2) is 95.2 Å². The van der Waals surface area contributed by atoms with Crippen molar-refractivity contribution in [2.75, 3.05) is 33.0 Å². The molecule has 8 aromatic carbocycles. The van der Waals surface area contributed by atoms with Gasteiger partial charge < -0.3 is 42.6 Å². The molecule has 0 heterocycles. The van der Waals surface area contributed by atoms with E-state index in [0.717, 1.165) is 92.6 Å². The Balaban J connectivity index is 0.000000278. The minimum Gasteiger partial charge on any atom is -0.494 e. The number of carbonyl (C=O) groups excluding carboxylic acids is 5. The third-order valence-corrected chi connectivity index (χ3v) is 29.9. The lowest BCUT2D eigenvalue weighted by Crippen LogP contribution is -2.37. The fourth-order valence-corrected chi connectivity index (χ4v) is 16.9. The van der Waals surface area contributed by atoms with Crippen LogP contribution in [0.2, 0.25) is 77.1 Å². The van der Waals surface area contributed by atoms with Crippen LogP contribution in [0.25, 0.3) is 11.1 Å². The molecule has 8 aromatic rings. The SMILES string of the molecule is C=CC(=O)OCCCCCCOc1ccc(C(=O)Oc2ccc(-c3ccc([Si](C)(C)C)cc3)cc2)cc1.C=C[Si](C)(C)CCCCCCOc1ccc(C(=O)Oc2ccc(C#N)cc2)cc1.C=C[Si](C)(C)CCCCCCOc1ccc(C(=O)Oc2ccc(OC(=O)c3ccc(OCCCCCC[Si](C)(C)C=C)cc3)c(C)c2)cc1. The Hall–Kier alpha value is -10.4. The van der Waals surface area contributed by atoms with Gasteiger partial charge in [0.05, 0.1) is 99.2 Å². The van der Waals surface area contributed by atoms with Gasteiger partial charge in [0, 0.05) is 6.08 Å². The Bertz CT molecular complexity index is 4370. The third-order valence-electron chi connectivity index (χ3n) is 19.6. The summed E-state index contributed by atoms with van der Waals surface area (Å²) in [5.41, 5.74) is 11.7. The molecule has 0 N–H and O–H groups in total. The van der Waals surface area contributed by atoms with Gasteiger partial charge in [0.2, 0.25) is 0 Å². The lowest BCUT2D eigenvalue weighted by atomic mass is 10.1. The van der Waals surface area contributed by atoms with Gasteiger partial charge in [0.15, 0.2) is 0 Å². The second-order valence-electron chi connectivity index (χ2n) is 31.8. The van der Waals surface area contributed by atoms with Crippen molar-refractivity contribution in [3.63, 3.8) is 0 Å². The van der Waals surface area contributed by atoms with E-state index in [1.807, 2.05) is 30.3 Å². The molecule has 0 bridgehead atoms. The van der Waals surface area contributed by atoms with Crippen molar-refractivity contribution in [2.45, 2.75) is 187 Å². The van der Waals surface area contributed by atoms with Crippen LogP contribution in [0.5, 0.6) is 46.0 Å². The van der Waals surface area contributed by atoms with Crippen molar-refractivity contribution < 1.29 is 66.6 Å². The summed E-state index contributed by atoms with van der Waals surface area (Å²) in [6.07, 6.45) is 18.7. The van der Waals surface area contributed by atoms with Gasteiger partial charge in [0.1, 0.15) is 46.0 Å². The molecule has 0 saturated heterocycles. The Morgan fingerprint density at radius 3 is 0.939 bits per heavy atom. The topological polar surface area (TPSA) is 192 Å². The molecule has 0 aliphatic carbocycles. The number of carbonyl (C=O) groups is 5. The van der Waals surface area contributed by atoms with Crippen molar-refractivity contribution >= 4 is 67.3 Å². The summed E-state index contributed by atoms with van der Waals surface area (Å²) in [4.78, 5) is 61.3. The van der Waals surface area contributed by atoms with Crippen molar-refractivity contribution in [1.82, 2.24) is 0 Å². The predicted octanol–water partition coefficient (Wildman–Crippen LogP) is 24.1.